The Morgan fingerprint density at radius 1 is 1.40 bits per heavy atom. The molecule has 0 radical (unpaired) electrons. The highest BCUT2D eigenvalue weighted by atomic mass is 16.5. The molecule has 0 amide bonds. The number of rotatable bonds is 7. The Kier molecular flexibility index (Phi) is 5.58. The van der Waals surface area contributed by atoms with E-state index in [-0.39, 0.29) is 0 Å². The SMILES string of the molecule is CCOCCN(CC)CC1(C)CCNC1. The molecular formula is C12H26N2O. The van der Waals surface area contributed by atoms with Crippen molar-refractivity contribution in [2.75, 3.05) is 45.9 Å². The lowest BCUT2D eigenvalue weighted by Gasteiger charge is -2.31. The summed E-state index contributed by atoms with van der Waals surface area (Å²) >= 11 is 0. The van der Waals surface area contributed by atoms with Gasteiger partial charge in [-0.05, 0) is 31.8 Å². The number of hydrogen-bond donors (Lipinski definition) is 1. The van der Waals surface area contributed by atoms with Crippen LogP contribution in [0.1, 0.15) is 27.2 Å². The summed E-state index contributed by atoms with van der Waals surface area (Å²) in [6.45, 7) is 14.1. The second-order valence-corrected chi connectivity index (χ2v) is 4.80. The van der Waals surface area contributed by atoms with Crippen LogP contribution in [0.4, 0.5) is 0 Å². The Morgan fingerprint density at radius 2 is 2.20 bits per heavy atom. The molecule has 15 heavy (non-hydrogen) atoms. The first-order valence-corrected chi connectivity index (χ1v) is 6.21. The molecule has 1 aliphatic heterocycles. The second-order valence-electron chi connectivity index (χ2n) is 4.80. The summed E-state index contributed by atoms with van der Waals surface area (Å²) in [5, 5.41) is 3.45. The highest BCUT2D eigenvalue weighted by Crippen LogP contribution is 2.25. The maximum absolute atomic E-state index is 5.41. The Labute approximate surface area is 94.2 Å². The Balaban J connectivity index is 2.25. The van der Waals surface area contributed by atoms with E-state index in [0.29, 0.717) is 5.41 Å². The zero-order chi connectivity index (χ0) is 11.1. The topological polar surface area (TPSA) is 24.5 Å². The minimum absolute atomic E-state index is 0.474. The fraction of sp³-hybridized carbons (Fsp3) is 1.00. The molecule has 1 rings (SSSR count). The van der Waals surface area contributed by atoms with E-state index in [1.165, 1.54) is 19.5 Å². The van der Waals surface area contributed by atoms with Crippen LogP contribution in [0.25, 0.3) is 0 Å². The van der Waals surface area contributed by atoms with Gasteiger partial charge in [-0.15, -0.1) is 0 Å². The molecule has 1 N–H and O–H groups in total. The summed E-state index contributed by atoms with van der Waals surface area (Å²) in [5.74, 6) is 0. The Morgan fingerprint density at radius 3 is 2.73 bits per heavy atom. The van der Waals surface area contributed by atoms with Crippen LogP contribution in [-0.2, 0) is 4.74 Å². The zero-order valence-electron chi connectivity index (χ0n) is 10.5. The molecule has 0 bridgehead atoms. The molecule has 1 saturated heterocycles. The number of hydrogen-bond acceptors (Lipinski definition) is 3. The van der Waals surface area contributed by atoms with Gasteiger partial charge in [-0.25, -0.2) is 0 Å². The van der Waals surface area contributed by atoms with E-state index in [2.05, 4.69) is 31.0 Å². The molecule has 1 heterocycles. The maximum Gasteiger partial charge on any atom is 0.0593 e. The van der Waals surface area contributed by atoms with Gasteiger partial charge in [0.1, 0.15) is 0 Å². The molecule has 1 fully saturated rings. The summed E-state index contributed by atoms with van der Waals surface area (Å²) < 4.78 is 5.41. The molecule has 3 nitrogen and oxygen atoms in total. The Hall–Kier alpha value is -0.120. The van der Waals surface area contributed by atoms with Crippen LogP contribution in [0, 0.1) is 5.41 Å². The van der Waals surface area contributed by atoms with Crippen molar-refractivity contribution in [1.82, 2.24) is 10.2 Å². The first kappa shape index (κ1) is 12.9. The van der Waals surface area contributed by atoms with Crippen molar-refractivity contribution in [1.29, 1.82) is 0 Å². The van der Waals surface area contributed by atoms with Crippen molar-refractivity contribution in [3.05, 3.63) is 0 Å². The molecule has 1 aliphatic rings. The average molecular weight is 214 g/mol. The summed E-state index contributed by atoms with van der Waals surface area (Å²) in [6.07, 6.45) is 1.30. The zero-order valence-corrected chi connectivity index (χ0v) is 10.5. The van der Waals surface area contributed by atoms with Crippen LogP contribution < -0.4 is 5.32 Å². The fourth-order valence-electron chi connectivity index (χ4n) is 2.23. The lowest BCUT2D eigenvalue weighted by atomic mass is 9.89. The van der Waals surface area contributed by atoms with Gasteiger partial charge in [-0.3, -0.25) is 0 Å². The molecule has 0 aliphatic carbocycles. The van der Waals surface area contributed by atoms with Gasteiger partial charge >= 0.3 is 0 Å². The number of ether oxygens (including phenoxy) is 1. The van der Waals surface area contributed by atoms with Gasteiger partial charge in [0.15, 0.2) is 0 Å². The minimum Gasteiger partial charge on any atom is -0.380 e. The van der Waals surface area contributed by atoms with Gasteiger partial charge in [0.2, 0.25) is 0 Å². The smallest absolute Gasteiger partial charge is 0.0593 e. The van der Waals surface area contributed by atoms with Gasteiger partial charge < -0.3 is 15.0 Å². The van der Waals surface area contributed by atoms with Crippen molar-refractivity contribution >= 4 is 0 Å². The van der Waals surface area contributed by atoms with E-state index in [1.807, 2.05) is 0 Å². The van der Waals surface area contributed by atoms with Gasteiger partial charge in [-0.2, -0.15) is 0 Å². The standard InChI is InChI=1S/C12H26N2O/c1-4-14(8-9-15-5-2)11-12(3)6-7-13-10-12/h13H,4-11H2,1-3H3. The molecule has 1 atom stereocenters. The maximum atomic E-state index is 5.41. The number of likely N-dealkylation sites (N-methyl/N-ethyl adjacent to an activating group) is 1. The first-order chi connectivity index (χ1) is 7.20. The van der Waals surface area contributed by atoms with E-state index >= 15 is 0 Å². The fourth-order valence-corrected chi connectivity index (χ4v) is 2.23. The summed E-state index contributed by atoms with van der Waals surface area (Å²) in [7, 11) is 0. The predicted octanol–water partition coefficient (Wildman–Crippen LogP) is 1.34. The van der Waals surface area contributed by atoms with E-state index in [0.717, 1.165) is 32.8 Å². The summed E-state index contributed by atoms with van der Waals surface area (Å²) in [4.78, 5) is 2.50. The van der Waals surface area contributed by atoms with Crippen LogP contribution >= 0.6 is 0 Å². The molecule has 0 saturated carbocycles. The van der Waals surface area contributed by atoms with E-state index in [4.69, 9.17) is 4.74 Å². The van der Waals surface area contributed by atoms with E-state index in [9.17, 15) is 0 Å². The van der Waals surface area contributed by atoms with Crippen molar-refractivity contribution in [2.24, 2.45) is 5.41 Å². The highest BCUT2D eigenvalue weighted by Gasteiger charge is 2.29. The molecule has 1 unspecified atom stereocenters. The van der Waals surface area contributed by atoms with Crippen LogP contribution in [-0.4, -0.2) is 50.8 Å². The first-order valence-electron chi connectivity index (χ1n) is 6.21. The van der Waals surface area contributed by atoms with Crippen molar-refractivity contribution in [2.45, 2.75) is 27.2 Å². The van der Waals surface area contributed by atoms with Crippen molar-refractivity contribution < 1.29 is 4.74 Å². The normalized spacial score (nSPS) is 26.4. The Bertz CT molecular complexity index is 167. The molecule has 3 heteroatoms. The van der Waals surface area contributed by atoms with Gasteiger partial charge in [0.25, 0.3) is 0 Å². The predicted molar refractivity (Wildman–Crippen MR) is 64.2 cm³/mol. The summed E-state index contributed by atoms with van der Waals surface area (Å²) in [5.41, 5.74) is 0.474. The van der Waals surface area contributed by atoms with Crippen LogP contribution in [0.3, 0.4) is 0 Å². The van der Waals surface area contributed by atoms with Gasteiger partial charge in [0, 0.05) is 26.2 Å². The lowest BCUT2D eigenvalue weighted by Crippen LogP contribution is -2.39. The van der Waals surface area contributed by atoms with Gasteiger partial charge in [-0.1, -0.05) is 13.8 Å². The van der Waals surface area contributed by atoms with Crippen LogP contribution in [0.5, 0.6) is 0 Å². The van der Waals surface area contributed by atoms with E-state index < -0.39 is 0 Å². The number of nitrogens with one attached hydrogen (secondary N) is 1. The monoisotopic (exact) mass is 214 g/mol. The van der Waals surface area contributed by atoms with E-state index in [1.54, 1.807) is 0 Å². The lowest BCUT2D eigenvalue weighted by molar-refractivity contribution is 0.0973. The van der Waals surface area contributed by atoms with Crippen molar-refractivity contribution in [3.63, 3.8) is 0 Å². The van der Waals surface area contributed by atoms with Crippen LogP contribution in [0.15, 0.2) is 0 Å². The average Bonchev–Trinajstić information content (AvgIpc) is 2.64. The van der Waals surface area contributed by atoms with Crippen molar-refractivity contribution in [3.8, 4) is 0 Å². The van der Waals surface area contributed by atoms with Crippen LogP contribution in [0.2, 0.25) is 0 Å². The molecular weight excluding hydrogens is 188 g/mol. The molecule has 90 valence electrons. The quantitative estimate of drug-likeness (QED) is 0.647. The second kappa shape index (κ2) is 6.46. The molecule has 0 aromatic heterocycles. The molecule has 0 aromatic carbocycles. The minimum atomic E-state index is 0.474. The third kappa shape index (κ3) is 4.49. The highest BCUT2D eigenvalue weighted by molar-refractivity contribution is 4.86. The summed E-state index contributed by atoms with van der Waals surface area (Å²) in [6, 6.07) is 0. The third-order valence-corrected chi connectivity index (χ3v) is 3.27. The third-order valence-electron chi connectivity index (χ3n) is 3.27. The van der Waals surface area contributed by atoms with Gasteiger partial charge in [0.05, 0.1) is 6.61 Å². The molecule has 0 aromatic rings. The largest absolute Gasteiger partial charge is 0.380 e. The molecule has 0 spiro atoms. The number of nitrogens with zero attached hydrogens (tertiary/aromatic N) is 1.